The molecule has 0 atom stereocenters. The first kappa shape index (κ1) is 7.32. The van der Waals surface area contributed by atoms with Crippen LogP contribution in [0.5, 0.6) is 0 Å². The van der Waals surface area contributed by atoms with E-state index in [1.807, 2.05) is 13.2 Å². The minimum absolute atomic E-state index is 1.09. The van der Waals surface area contributed by atoms with Crippen molar-refractivity contribution in [3.05, 3.63) is 12.8 Å². The van der Waals surface area contributed by atoms with Gasteiger partial charge in [0.05, 0.1) is 0 Å². The van der Waals surface area contributed by atoms with Gasteiger partial charge in [-0.1, -0.05) is 6.58 Å². The zero-order valence-corrected chi connectivity index (χ0v) is 6.51. The van der Waals surface area contributed by atoms with Gasteiger partial charge >= 0.3 is 0 Å². The molecule has 1 aliphatic heterocycles. The second-order valence-corrected chi connectivity index (χ2v) is 2.47. The fraction of sp³-hybridized carbons (Fsp3) is 0.625. The molecule has 0 aliphatic carbocycles. The number of aliphatic imine (C=N–C) groups is 1. The van der Waals surface area contributed by atoms with Crippen molar-refractivity contribution in [2.45, 2.75) is 19.3 Å². The highest BCUT2D eigenvalue weighted by molar-refractivity contribution is 5.83. The molecule has 0 N–H and O–H groups in total. The minimum atomic E-state index is 1.09. The highest BCUT2D eigenvalue weighted by atomic mass is 15.2. The topological polar surface area (TPSA) is 15.6 Å². The fourth-order valence-electron chi connectivity index (χ4n) is 1.27. The van der Waals surface area contributed by atoms with E-state index in [9.17, 15) is 0 Å². The summed E-state index contributed by atoms with van der Waals surface area (Å²) in [6, 6.07) is 0. The SMILES string of the molecule is C=CN1CCCCC1=NC. The second kappa shape index (κ2) is 3.40. The quantitative estimate of drug-likeness (QED) is 0.538. The third kappa shape index (κ3) is 1.38. The maximum absolute atomic E-state index is 4.17. The summed E-state index contributed by atoms with van der Waals surface area (Å²) in [6.45, 7) is 4.82. The Morgan fingerprint density at radius 1 is 1.60 bits per heavy atom. The molecule has 1 fully saturated rings. The van der Waals surface area contributed by atoms with Crippen molar-refractivity contribution in [2.75, 3.05) is 13.6 Å². The van der Waals surface area contributed by atoms with Gasteiger partial charge in [-0.05, 0) is 19.0 Å². The van der Waals surface area contributed by atoms with E-state index in [1.54, 1.807) is 0 Å². The Kier molecular flexibility index (Phi) is 2.49. The van der Waals surface area contributed by atoms with Crippen LogP contribution in [0.25, 0.3) is 0 Å². The van der Waals surface area contributed by atoms with Gasteiger partial charge in [-0.25, -0.2) is 0 Å². The molecule has 0 saturated carbocycles. The number of hydrogen-bond acceptors (Lipinski definition) is 1. The number of nitrogens with zero attached hydrogens (tertiary/aromatic N) is 2. The molecule has 1 rings (SSSR count). The van der Waals surface area contributed by atoms with Crippen LogP contribution < -0.4 is 0 Å². The smallest absolute Gasteiger partial charge is 0.102 e. The van der Waals surface area contributed by atoms with Crippen LogP contribution in [-0.4, -0.2) is 24.3 Å². The molecule has 10 heavy (non-hydrogen) atoms. The minimum Gasteiger partial charge on any atom is -0.337 e. The number of piperidine rings is 1. The summed E-state index contributed by atoms with van der Waals surface area (Å²) in [5.74, 6) is 1.18. The van der Waals surface area contributed by atoms with Crippen molar-refractivity contribution in [3.63, 3.8) is 0 Å². The molecule has 0 amide bonds. The van der Waals surface area contributed by atoms with Crippen molar-refractivity contribution in [1.29, 1.82) is 0 Å². The fourth-order valence-corrected chi connectivity index (χ4v) is 1.27. The van der Waals surface area contributed by atoms with Gasteiger partial charge in [0.2, 0.25) is 0 Å². The Labute approximate surface area is 62.3 Å². The lowest BCUT2D eigenvalue weighted by Crippen LogP contribution is -2.30. The van der Waals surface area contributed by atoms with Crippen molar-refractivity contribution in [3.8, 4) is 0 Å². The molecule has 2 nitrogen and oxygen atoms in total. The lowest BCUT2D eigenvalue weighted by atomic mass is 10.1. The summed E-state index contributed by atoms with van der Waals surface area (Å²) >= 11 is 0. The highest BCUT2D eigenvalue weighted by Gasteiger charge is 2.11. The van der Waals surface area contributed by atoms with Crippen molar-refractivity contribution in [1.82, 2.24) is 4.90 Å². The molecule has 0 aromatic carbocycles. The molecule has 0 aromatic heterocycles. The van der Waals surface area contributed by atoms with Crippen LogP contribution >= 0.6 is 0 Å². The van der Waals surface area contributed by atoms with Crippen LogP contribution in [0.1, 0.15) is 19.3 Å². The van der Waals surface area contributed by atoms with Gasteiger partial charge in [0, 0.05) is 20.0 Å². The van der Waals surface area contributed by atoms with Gasteiger partial charge in [0.15, 0.2) is 0 Å². The Balaban J connectivity index is 2.59. The zero-order chi connectivity index (χ0) is 7.40. The van der Waals surface area contributed by atoms with E-state index in [-0.39, 0.29) is 0 Å². The van der Waals surface area contributed by atoms with E-state index in [0.29, 0.717) is 0 Å². The summed E-state index contributed by atoms with van der Waals surface area (Å²) in [5.41, 5.74) is 0. The first-order valence-electron chi connectivity index (χ1n) is 3.73. The molecule has 2 heteroatoms. The molecule has 0 unspecified atom stereocenters. The van der Waals surface area contributed by atoms with E-state index in [1.165, 1.54) is 18.7 Å². The Morgan fingerprint density at radius 3 is 2.90 bits per heavy atom. The molecule has 56 valence electrons. The van der Waals surface area contributed by atoms with Crippen molar-refractivity contribution >= 4 is 5.84 Å². The van der Waals surface area contributed by atoms with Gasteiger partial charge in [0.1, 0.15) is 5.84 Å². The Morgan fingerprint density at radius 2 is 2.40 bits per heavy atom. The van der Waals surface area contributed by atoms with Gasteiger partial charge in [0.25, 0.3) is 0 Å². The Bertz CT molecular complexity index is 149. The van der Waals surface area contributed by atoms with Gasteiger partial charge < -0.3 is 4.90 Å². The van der Waals surface area contributed by atoms with Crippen LogP contribution in [0.4, 0.5) is 0 Å². The average Bonchev–Trinajstić information content (AvgIpc) is 2.04. The van der Waals surface area contributed by atoms with Gasteiger partial charge in [-0.15, -0.1) is 0 Å². The largest absolute Gasteiger partial charge is 0.337 e. The lowest BCUT2D eigenvalue weighted by Gasteiger charge is -2.26. The molecule has 0 aromatic rings. The van der Waals surface area contributed by atoms with E-state index in [0.717, 1.165) is 13.0 Å². The monoisotopic (exact) mass is 138 g/mol. The molecule has 0 bridgehead atoms. The highest BCUT2D eigenvalue weighted by Crippen LogP contribution is 2.11. The molecule has 1 saturated heterocycles. The van der Waals surface area contributed by atoms with Crippen LogP contribution in [0.3, 0.4) is 0 Å². The maximum atomic E-state index is 4.17. The third-order valence-electron chi connectivity index (χ3n) is 1.86. The van der Waals surface area contributed by atoms with Gasteiger partial charge in [-0.2, -0.15) is 0 Å². The average molecular weight is 138 g/mol. The number of likely N-dealkylation sites (tertiary alicyclic amines) is 1. The first-order chi connectivity index (χ1) is 4.88. The van der Waals surface area contributed by atoms with Crippen molar-refractivity contribution < 1.29 is 0 Å². The summed E-state index contributed by atoms with van der Waals surface area (Å²) in [5, 5.41) is 0. The maximum Gasteiger partial charge on any atom is 0.102 e. The number of hydrogen-bond donors (Lipinski definition) is 0. The molecular weight excluding hydrogens is 124 g/mol. The number of amidine groups is 1. The van der Waals surface area contributed by atoms with Gasteiger partial charge in [-0.3, -0.25) is 4.99 Å². The second-order valence-electron chi connectivity index (χ2n) is 2.47. The Hall–Kier alpha value is -0.790. The van der Waals surface area contributed by atoms with Crippen LogP contribution in [-0.2, 0) is 0 Å². The van der Waals surface area contributed by atoms with E-state index in [4.69, 9.17) is 0 Å². The zero-order valence-electron chi connectivity index (χ0n) is 6.51. The van der Waals surface area contributed by atoms with Crippen LogP contribution in [0.15, 0.2) is 17.8 Å². The molecule has 0 radical (unpaired) electrons. The van der Waals surface area contributed by atoms with Crippen LogP contribution in [0, 0.1) is 0 Å². The van der Waals surface area contributed by atoms with Crippen molar-refractivity contribution in [2.24, 2.45) is 4.99 Å². The molecule has 0 spiro atoms. The first-order valence-corrected chi connectivity index (χ1v) is 3.73. The van der Waals surface area contributed by atoms with E-state index in [2.05, 4.69) is 16.5 Å². The molecular formula is C8H14N2. The third-order valence-corrected chi connectivity index (χ3v) is 1.86. The summed E-state index contributed by atoms with van der Waals surface area (Å²) in [7, 11) is 1.84. The summed E-state index contributed by atoms with van der Waals surface area (Å²) in [6.07, 6.45) is 5.52. The lowest BCUT2D eigenvalue weighted by molar-refractivity contribution is 0.471. The predicted octanol–water partition coefficient (Wildman–Crippen LogP) is 1.64. The molecule has 1 aliphatic rings. The standard InChI is InChI=1S/C8H14N2/c1-3-10-7-5-4-6-8(10)9-2/h3H,1,4-7H2,2H3. The normalized spacial score (nSPS) is 23.3. The predicted molar refractivity (Wildman–Crippen MR) is 44.1 cm³/mol. The van der Waals surface area contributed by atoms with E-state index >= 15 is 0 Å². The summed E-state index contributed by atoms with van der Waals surface area (Å²) < 4.78 is 0. The van der Waals surface area contributed by atoms with Crippen LogP contribution in [0.2, 0.25) is 0 Å². The molecule has 1 heterocycles. The number of rotatable bonds is 1. The van der Waals surface area contributed by atoms with E-state index < -0.39 is 0 Å². The summed E-state index contributed by atoms with van der Waals surface area (Å²) in [4.78, 5) is 6.30.